The van der Waals surface area contributed by atoms with Crippen molar-refractivity contribution in [3.05, 3.63) is 51.7 Å². The maximum Gasteiger partial charge on any atom is 0.312 e. The molecule has 3 amide bonds. The van der Waals surface area contributed by atoms with E-state index in [9.17, 15) is 9.59 Å². The number of nitrogens with one attached hydrogen (secondary N) is 1. The highest BCUT2D eigenvalue weighted by Crippen LogP contribution is 2.37. The summed E-state index contributed by atoms with van der Waals surface area (Å²) in [4.78, 5) is 32.0. The Morgan fingerprint density at radius 2 is 2.15 bits per heavy atom. The highest BCUT2D eigenvalue weighted by Gasteiger charge is 2.33. The zero-order valence-corrected chi connectivity index (χ0v) is 16.3. The van der Waals surface area contributed by atoms with Gasteiger partial charge in [0.25, 0.3) is 0 Å². The summed E-state index contributed by atoms with van der Waals surface area (Å²) in [7, 11) is 0. The number of benzene rings is 1. The first-order valence-electron chi connectivity index (χ1n) is 8.86. The number of carbonyl (C=O) groups is 2. The summed E-state index contributed by atoms with van der Waals surface area (Å²) in [6.07, 6.45) is 2.07. The van der Waals surface area contributed by atoms with Crippen molar-refractivity contribution in [2.45, 2.75) is 31.3 Å². The van der Waals surface area contributed by atoms with Crippen LogP contribution in [0.1, 0.15) is 41.2 Å². The number of rotatable bonds is 5. The lowest BCUT2D eigenvalue weighted by molar-refractivity contribution is -0.132. The zero-order chi connectivity index (χ0) is 18.8. The van der Waals surface area contributed by atoms with Crippen LogP contribution in [-0.4, -0.2) is 28.4 Å². The molecular formula is C19H20N4O2S2. The van der Waals surface area contributed by atoms with Crippen molar-refractivity contribution in [2.24, 2.45) is 5.73 Å². The Kier molecular flexibility index (Phi) is 5.09. The molecule has 140 valence electrons. The van der Waals surface area contributed by atoms with Gasteiger partial charge in [0, 0.05) is 11.4 Å². The van der Waals surface area contributed by atoms with Gasteiger partial charge in [-0.2, -0.15) is 0 Å². The molecule has 3 heterocycles. The van der Waals surface area contributed by atoms with E-state index in [1.165, 1.54) is 11.3 Å². The minimum atomic E-state index is -0.620. The lowest BCUT2D eigenvalue weighted by Crippen LogP contribution is -2.38. The van der Waals surface area contributed by atoms with Crippen molar-refractivity contribution in [2.75, 3.05) is 6.54 Å². The van der Waals surface area contributed by atoms with Gasteiger partial charge >= 0.3 is 6.03 Å². The Morgan fingerprint density at radius 3 is 2.89 bits per heavy atom. The molecule has 0 unspecified atom stereocenters. The first-order valence-corrected chi connectivity index (χ1v) is 10.6. The molecule has 2 aromatic heterocycles. The van der Waals surface area contributed by atoms with Crippen LogP contribution in [0.2, 0.25) is 0 Å². The monoisotopic (exact) mass is 400 g/mol. The van der Waals surface area contributed by atoms with Gasteiger partial charge in [-0.25, -0.2) is 9.78 Å². The third-order valence-corrected chi connectivity index (χ3v) is 6.87. The van der Waals surface area contributed by atoms with Crippen LogP contribution in [0.15, 0.2) is 41.8 Å². The number of aromatic nitrogens is 1. The summed E-state index contributed by atoms with van der Waals surface area (Å²) < 4.78 is 1.14. The molecule has 1 saturated heterocycles. The smallest absolute Gasteiger partial charge is 0.312 e. The molecule has 1 aliphatic rings. The van der Waals surface area contributed by atoms with Crippen LogP contribution in [0, 0.1) is 0 Å². The van der Waals surface area contributed by atoms with Crippen molar-refractivity contribution < 1.29 is 9.59 Å². The zero-order valence-electron chi connectivity index (χ0n) is 14.6. The largest absolute Gasteiger partial charge is 0.352 e. The van der Waals surface area contributed by atoms with Crippen LogP contribution >= 0.6 is 22.7 Å². The minimum Gasteiger partial charge on any atom is -0.352 e. The molecule has 6 nitrogen and oxygen atoms in total. The molecule has 3 aromatic rings. The molecule has 27 heavy (non-hydrogen) atoms. The van der Waals surface area contributed by atoms with Crippen molar-refractivity contribution in [3.8, 4) is 0 Å². The number of nitrogens with zero attached hydrogens (tertiary/aromatic N) is 2. The van der Waals surface area contributed by atoms with Gasteiger partial charge in [-0.05, 0) is 36.4 Å². The summed E-state index contributed by atoms with van der Waals surface area (Å²) in [5.74, 6) is 0.0175. The van der Waals surface area contributed by atoms with Crippen LogP contribution in [0.25, 0.3) is 10.2 Å². The molecule has 0 bridgehead atoms. The topological polar surface area (TPSA) is 88.3 Å². The van der Waals surface area contributed by atoms with E-state index in [0.29, 0.717) is 6.54 Å². The molecule has 1 fully saturated rings. The molecule has 4 rings (SSSR count). The quantitative estimate of drug-likeness (QED) is 0.682. The first kappa shape index (κ1) is 17.9. The van der Waals surface area contributed by atoms with E-state index in [1.54, 1.807) is 11.3 Å². The Morgan fingerprint density at radius 1 is 1.30 bits per heavy atom. The summed E-state index contributed by atoms with van der Waals surface area (Å²) in [5.41, 5.74) is 6.29. The van der Waals surface area contributed by atoms with E-state index in [2.05, 4.69) is 11.4 Å². The van der Waals surface area contributed by atoms with E-state index < -0.39 is 12.1 Å². The molecule has 3 N–H and O–H groups in total. The van der Waals surface area contributed by atoms with Crippen molar-refractivity contribution in [1.29, 1.82) is 0 Å². The van der Waals surface area contributed by atoms with Crippen molar-refractivity contribution in [1.82, 2.24) is 15.2 Å². The maximum absolute atomic E-state index is 13.0. The standard InChI is InChI=1S/C19H20N4O2S2/c20-19(25)22-13(15-8-4-10-26-15)11-17(24)23-9-3-6-14(23)18-21-12-5-1-2-7-16(12)27-18/h1-2,4-5,7-8,10,13-14H,3,6,9,11H2,(H3,20,22,25)/t13-,14-/m1/s1. The number of hydrogen-bond donors (Lipinski definition) is 2. The first-order chi connectivity index (χ1) is 13.1. The SMILES string of the molecule is NC(=O)N[C@H](CC(=O)N1CCC[C@@H]1c1nc2ccccc2s1)c1cccs1. The van der Waals surface area contributed by atoms with Crippen LogP contribution in [-0.2, 0) is 4.79 Å². The van der Waals surface area contributed by atoms with Crippen LogP contribution < -0.4 is 11.1 Å². The minimum absolute atomic E-state index is 0.00691. The van der Waals surface area contributed by atoms with Gasteiger partial charge in [-0.15, -0.1) is 22.7 Å². The van der Waals surface area contributed by atoms with E-state index in [-0.39, 0.29) is 18.4 Å². The average Bonchev–Trinajstić information content (AvgIpc) is 3.39. The lowest BCUT2D eigenvalue weighted by Gasteiger charge is -2.25. The van der Waals surface area contributed by atoms with Gasteiger partial charge in [-0.1, -0.05) is 18.2 Å². The van der Waals surface area contributed by atoms with Gasteiger partial charge in [-0.3, -0.25) is 4.79 Å². The number of thiazole rings is 1. The molecule has 1 aliphatic heterocycles. The fourth-order valence-electron chi connectivity index (χ4n) is 3.53. The second-order valence-electron chi connectivity index (χ2n) is 6.55. The Balaban J connectivity index is 1.53. The molecule has 0 radical (unpaired) electrons. The normalized spacial score (nSPS) is 17.9. The molecule has 2 atom stereocenters. The van der Waals surface area contributed by atoms with E-state index >= 15 is 0 Å². The predicted octanol–water partition coefficient (Wildman–Crippen LogP) is 3.82. The van der Waals surface area contributed by atoms with Crippen LogP contribution in [0.5, 0.6) is 0 Å². The fourth-order valence-corrected chi connectivity index (χ4v) is 5.42. The van der Waals surface area contributed by atoms with E-state index in [4.69, 9.17) is 10.7 Å². The lowest BCUT2D eigenvalue weighted by atomic mass is 10.1. The maximum atomic E-state index is 13.0. The van der Waals surface area contributed by atoms with Gasteiger partial charge in [0.15, 0.2) is 0 Å². The number of nitrogens with two attached hydrogens (primary N) is 1. The number of amides is 3. The number of thiophene rings is 1. The van der Waals surface area contributed by atoms with Gasteiger partial charge in [0.2, 0.25) is 5.91 Å². The summed E-state index contributed by atoms with van der Waals surface area (Å²) >= 11 is 3.16. The summed E-state index contributed by atoms with van der Waals surface area (Å²) in [6.45, 7) is 0.715. The van der Waals surface area contributed by atoms with Crippen LogP contribution in [0.4, 0.5) is 4.79 Å². The van der Waals surface area contributed by atoms with Crippen molar-refractivity contribution in [3.63, 3.8) is 0 Å². The summed E-state index contributed by atoms with van der Waals surface area (Å²) in [6, 6.07) is 10.8. The average molecular weight is 401 g/mol. The Labute approximate surface area is 165 Å². The molecule has 1 aromatic carbocycles. The van der Waals surface area contributed by atoms with Crippen LogP contribution in [0.3, 0.4) is 0 Å². The molecular weight excluding hydrogens is 380 g/mol. The number of likely N-dealkylation sites (tertiary alicyclic amines) is 1. The molecule has 0 aliphatic carbocycles. The number of primary amides is 1. The van der Waals surface area contributed by atoms with Gasteiger partial charge < -0.3 is 16.0 Å². The summed E-state index contributed by atoms with van der Waals surface area (Å²) in [5, 5.41) is 5.61. The second kappa shape index (κ2) is 7.66. The fraction of sp³-hybridized carbons (Fsp3) is 0.316. The Bertz CT molecular complexity index is 921. The highest BCUT2D eigenvalue weighted by atomic mass is 32.1. The number of fused-ring (bicyclic) bond motifs is 1. The van der Waals surface area contributed by atoms with Gasteiger partial charge in [0.05, 0.1) is 28.7 Å². The number of urea groups is 1. The predicted molar refractivity (Wildman–Crippen MR) is 108 cm³/mol. The second-order valence-corrected chi connectivity index (χ2v) is 8.59. The highest BCUT2D eigenvalue weighted by molar-refractivity contribution is 7.18. The van der Waals surface area contributed by atoms with Gasteiger partial charge in [0.1, 0.15) is 5.01 Å². The van der Waals surface area contributed by atoms with E-state index in [1.807, 2.05) is 40.6 Å². The number of para-hydroxylation sites is 1. The third-order valence-electron chi connectivity index (χ3n) is 4.75. The number of carbonyl (C=O) groups excluding carboxylic acids is 2. The molecule has 8 heteroatoms. The molecule has 0 saturated carbocycles. The number of hydrogen-bond acceptors (Lipinski definition) is 5. The third kappa shape index (κ3) is 3.81. The Hall–Kier alpha value is -2.45. The van der Waals surface area contributed by atoms with E-state index in [0.717, 1.165) is 32.9 Å². The van der Waals surface area contributed by atoms with Crippen molar-refractivity contribution >= 4 is 44.8 Å². The molecule has 0 spiro atoms.